The van der Waals surface area contributed by atoms with Crippen molar-refractivity contribution in [1.29, 1.82) is 0 Å². The van der Waals surface area contributed by atoms with E-state index in [1.54, 1.807) is 25.1 Å². The van der Waals surface area contributed by atoms with E-state index in [0.717, 1.165) is 11.1 Å². The first kappa shape index (κ1) is 17.3. The summed E-state index contributed by atoms with van der Waals surface area (Å²) in [4.78, 5) is 15.1. The van der Waals surface area contributed by atoms with Gasteiger partial charge in [0.1, 0.15) is 5.82 Å². The van der Waals surface area contributed by atoms with Crippen LogP contribution in [-0.2, 0) is 0 Å². The fraction of sp³-hybridized carbons (Fsp3) is 0.167. The minimum atomic E-state index is -1.12. The normalized spacial score (nSPS) is 10.2. The largest absolute Gasteiger partial charge is 0.476 e. The van der Waals surface area contributed by atoms with Gasteiger partial charge in [-0.2, -0.15) is 5.10 Å². The van der Waals surface area contributed by atoms with Gasteiger partial charge in [0.15, 0.2) is 11.3 Å². The maximum atomic E-state index is 13.0. The summed E-state index contributed by atoms with van der Waals surface area (Å²) in [6.45, 7) is 9.69. The smallest absolute Gasteiger partial charge is 0.356 e. The minimum absolute atomic E-state index is 0.0914. The van der Waals surface area contributed by atoms with Crippen molar-refractivity contribution in [2.24, 2.45) is 0 Å². The van der Waals surface area contributed by atoms with Gasteiger partial charge in [-0.25, -0.2) is 18.7 Å². The molecule has 0 fully saturated rings. The van der Waals surface area contributed by atoms with E-state index >= 15 is 0 Å². The molecule has 3 rings (SSSR count). The van der Waals surface area contributed by atoms with Gasteiger partial charge in [-0.1, -0.05) is 20.4 Å². The number of aromatic carboxylic acids is 1. The van der Waals surface area contributed by atoms with Crippen LogP contribution >= 0.6 is 0 Å². The first-order valence-corrected chi connectivity index (χ1v) is 7.51. The van der Waals surface area contributed by atoms with Crippen LogP contribution in [0.25, 0.3) is 22.5 Å². The van der Waals surface area contributed by atoms with E-state index in [4.69, 9.17) is 5.11 Å². The molecule has 0 aliphatic heterocycles. The van der Waals surface area contributed by atoms with Gasteiger partial charge in [0.05, 0.1) is 11.9 Å². The third kappa shape index (κ3) is 3.32. The summed E-state index contributed by atoms with van der Waals surface area (Å²) in [5.41, 5.74) is 3.07. The molecule has 0 atom stereocenters. The second kappa shape index (κ2) is 7.04. The number of halogens is 1. The second-order valence-corrected chi connectivity index (χ2v) is 4.93. The monoisotopic (exact) mass is 327 g/mol. The first-order chi connectivity index (χ1) is 11.5. The van der Waals surface area contributed by atoms with Crippen molar-refractivity contribution in [2.75, 3.05) is 0 Å². The average Bonchev–Trinajstić information content (AvgIpc) is 3.00. The molecular formula is C18H18FN3O2. The number of carbonyl (C=O) groups is 1. The van der Waals surface area contributed by atoms with Gasteiger partial charge in [-0.15, -0.1) is 0 Å². The number of allylic oxidation sites excluding steroid dienone is 1. The maximum absolute atomic E-state index is 13.0. The molecule has 0 saturated carbocycles. The lowest BCUT2D eigenvalue weighted by Gasteiger charge is -2.07. The number of benzene rings is 1. The fourth-order valence-corrected chi connectivity index (χ4v) is 2.16. The summed E-state index contributed by atoms with van der Waals surface area (Å²) in [5.74, 6) is -1.46. The number of hydrogen-bond donors (Lipinski definition) is 1. The van der Waals surface area contributed by atoms with Crippen molar-refractivity contribution in [3.05, 3.63) is 60.2 Å². The lowest BCUT2D eigenvalue weighted by molar-refractivity contribution is 0.0691. The van der Waals surface area contributed by atoms with Crippen LogP contribution in [0.5, 0.6) is 0 Å². The number of hydrogen-bond acceptors (Lipinski definition) is 3. The highest BCUT2D eigenvalue weighted by molar-refractivity contribution is 5.87. The fourth-order valence-electron chi connectivity index (χ4n) is 2.16. The molecule has 0 amide bonds. The zero-order valence-corrected chi connectivity index (χ0v) is 13.7. The zero-order chi connectivity index (χ0) is 17.9. The predicted octanol–water partition coefficient (Wildman–Crippen LogP) is 4.29. The molecule has 124 valence electrons. The van der Waals surface area contributed by atoms with Crippen molar-refractivity contribution in [3.63, 3.8) is 0 Å². The summed E-state index contributed by atoms with van der Waals surface area (Å²) in [6, 6.07) is 7.68. The predicted molar refractivity (Wildman–Crippen MR) is 91.4 cm³/mol. The molecule has 3 aromatic rings. The number of aromatic nitrogens is 3. The molecule has 1 N–H and O–H groups in total. The van der Waals surface area contributed by atoms with Crippen molar-refractivity contribution in [2.45, 2.75) is 20.8 Å². The van der Waals surface area contributed by atoms with E-state index in [1.165, 1.54) is 22.8 Å². The molecule has 0 radical (unpaired) electrons. The molecule has 0 unspecified atom stereocenters. The van der Waals surface area contributed by atoms with Crippen LogP contribution < -0.4 is 0 Å². The summed E-state index contributed by atoms with van der Waals surface area (Å²) >= 11 is 0. The molecule has 0 aliphatic carbocycles. The lowest BCUT2D eigenvalue weighted by Crippen LogP contribution is -1.98. The van der Waals surface area contributed by atoms with Gasteiger partial charge in [-0.3, -0.25) is 0 Å². The molecule has 0 spiro atoms. The Morgan fingerprint density at radius 2 is 1.88 bits per heavy atom. The van der Waals surface area contributed by atoms with Crippen LogP contribution in [0.1, 0.15) is 36.8 Å². The highest BCUT2D eigenvalue weighted by Crippen LogP contribution is 2.24. The van der Waals surface area contributed by atoms with E-state index < -0.39 is 5.97 Å². The Labute approximate surface area is 139 Å². The lowest BCUT2D eigenvalue weighted by atomic mass is 10.1. The number of carboxylic acid groups (broad SMARTS) is 1. The topological polar surface area (TPSA) is 67.5 Å². The van der Waals surface area contributed by atoms with Gasteiger partial charge < -0.3 is 5.11 Å². The van der Waals surface area contributed by atoms with Gasteiger partial charge >= 0.3 is 5.97 Å². The molecule has 2 aromatic heterocycles. The maximum Gasteiger partial charge on any atom is 0.356 e. The number of nitrogens with zero attached hydrogens (tertiary/aromatic N) is 3. The van der Waals surface area contributed by atoms with Gasteiger partial charge in [-0.05, 0) is 42.8 Å². The summed E-state index contributed by atoms with van der Waals surface area (Å²) in [7, 11) is 0. The van der Waals surface area contributed by atoms with Crippen molar-refractivity contribution in [3.8, 4) is 11.3 Å². The molecular weight excluding hydrogens is 309 g/mol. The minimum Gasteiger partial charge on any atom is -0.476 e. The molecule has 24 heavy (non-hydrogen) atoms. The van der Waals surface area contributed by atoms with Crippen LogP contribution in [0.4, 0.5) is 4.39 Å². The summed E-state index contributed by atoms with van der Waals surface area (Å²) in [5, 5.41) is 13.4. The van der Waals surface area contributed by atoms with E-state index in [1.807, 2.05) is 13.8 Å². The van der Waals surface area contributed by atoms with Crippen molar-refractivity contribution in [1.82, 2.24) is 14.6 Å². The first-order valence-electron chi connectivity index (χ1n) is 7.51. The van der Waals surface area contributed by atoms with Crippen molar-refractivity contribution < 1.29 is 14.3 Å². The van der Waals surface area contributed by atoms with Crippen LogP contribution in [0.3, 0.4) is 0 Å². The molecule has 2 heterocycles. The van der Waals surface area contributed by atoms with Gasteiger partial charge in [0, 0.05) is 11.1 Å². The van der Waals surface area contributed by atoms with E-state index in [9.17, 15) is 9.18 Å². The SMILES string of the molecule is C=C(C)c1cc(-c2ccc(F)cc2)nn2cc(C(=O)O)nc12.CC. The molecule has 1 aromatic carbocycles. The highest BCUT2D eigenvalue weighted by atomic mass is 19.1. The third-order valence-corrected chi connectivity index (χ3v) is 3.24. The zero-order valence-electron chi connectivity index (χ0n) is 13.7. The number of carboxylic acids is 1. The number of fused-ring (bicyclic) bond motifs is 1. The van der Waals surface area contributed by atoms with Crippen molar-refractivity contribution >= 4 is 17.2 Å². The Morgan fingerprint density at radius 1 is 1.25 bits per heavy atom. The van der Waals surface area contributed by atoms with Crippen LogP contribution in [0.15, 0.2) is 43.1 Å². The molecule has 0 aliphatic rings. The van der Waals surface area contributed by atoms with E-state index in [0.29, 0.717) is 16.9 Å². The Morgan fingerprint density at radius 3 is 2.42 bits per heavy atom. The summed E-state index contributed by atoms with van der Waals surface area (Å²) < 4.78 is 14.4. The quantitative estimate of drug-likeness (QED) is 0.779. The Balaban J connectivity index is 0.00000100. The highest BCUT2D eigenvalue weighted by Gasteiger charge is 2.15. The Hall–Kier alpha value is -3.02. The van der Waals surface area contributed by atoms with Crippen LogP contribution in [0, 0.1) is 5.82 Å². The molecule has 0 bridgehead atoms. The van der Waals surface area contributed by atoms with Gasteiger partial charge in [0.2, 0.25) is 0 Å². The number of imidazole rings is 1. The standard InChI is InChI=1S/C16H12FN3O2.C2H6/c1-9(2)12-7-13(10-3-5-11(17)6-4-10)19-20-8-14(16(21)22)18-15(12)20;1-2/h3-8H,1H2,2H3,(H,21,22);1-2H3. The van der Waals surface area contributed by atoms with E-state index in [-0.39, 0.29) is 11.5 Å². The molecule has 6 heteroatoms. The van der Waals surface area contributed by atoms with Gasteiger partial charge in [0.25, 0.3) is 0 Å². The Bertz CT molecular complexity index is 899. The molecule has 0 saturated heterocycles. The summed E-state index contributed by atoms with van der Waals surface area (Å²) in [6.07, 6.45) is 1.34. The third-order valence-electron chi connectivity index (χ3n) is 3.24. The van der Waals surface area contributed by atoms with Crippen LogP contribution in [-0.4, -0.2) is 25.7 Å². The average molecular weight is 327 g/mol. The number of rotatable bonds is 3. The second-order valence-electron chi connectivity index (χ2n) is 4.93. The molecule has 5 nitrogen and oxygen atoms in total. The Kier molecular flexibility index (Phi) is 5.08. The van der Waals surface area contributed by atoms with Crippen LogP contribution in [0.2, 0.25) is 0 Å². The van der Waals surface area contributed by atoms with E-state index in [2.05, 4.69) is 16.7 Å².